The highest BCUT2D eigenvalue weighted by Gasteiger charge is 2.21. The quantitative estimate of drug-likeness (QED) is 0.897. The molecule has 0 amide bonds. The summed E-state index contributed by atoms with van der Waals surface area (Å²) in [4.78, 5) is 2.37. The van der Waals surface area contributed by atoms with E-state index in [1.807, 2.05) is 18.2 Å². The predicted octanol–water partition coefficient (Wildman–Crippen LogP) is 3.32. The molecule has 106 valence electrons. The van der Waals surface area contributed by atoms with E-state index in [1.165, 1.54) is 19.3 Å². The number of methoxy groups -OCH3 is 1. The van der Waals surface area contributed by atoms with Gasteiger partial charge in [0.2, 0.25) is 0 Å². The first-order valence-corrected chi connectivity index (χ1v) is 7.44. The van der Waals surface area contributed by atoms with Crippen molar-refractivity contribution in [1.82, 2.24) is 5.32 Å². The summed E-state index contributed by atoms with van der Waals surface area (Å²) in [5.41, 5.74) is 1.11. The Morgan fingerprint density at radius 2 is 2.11 bits per heavy atom. The van der Waals surface area contributed by atoms with Gasteiger partial charge in [-0.15, -0.1) is 0 Å². The Kier molecular flexibility index (Phi) is 5.34. The van der Waals surface area contributed by atoms with Crippen molar-refractivity contribution in [2.75, 3.05) is 31.6 Å². The topological polar surface area (TPSA) is 24.5 Å². The summed E-state index contributed by atoms with van der Waals surface area (Å²) in [6.07, 6.45) is 3.55. The van der Waals surface area contributed by atoms with Crippen LogP contribution < -0.4 is 15.0 Å². The number of rotatable bonds is 5. The molecule has 1 aromatic carbocycles. The number of nitrogens with one attached hydrogen (secondary N) is 1. The van der Waals surface area contributed by atoms with E-state index in [2.05, 4.69) is 17.1 Å². The second-order valence-electron chi connectivity index (χ2n) is 5.03. The molecule has 1 fully saturated rings. The van der Waals surface area contributed by atoms with Crippen molar-refractivity contribution in [2.24, 2.45) is 0 Å². The highest BCUT2D eigenvalue weighted by Crippen LogP contribution is 2.32. The molecule has 3 nitrogen and oxygen atoms in total. The Bertz CT molecular complexity index is 403. The van der Waals surface area contributed by atoms with Crippen LogP contribution in [0.5, 0.6) is 5.75 Å². The first-order chi connectivity index (χ1) is 9.24. The molecule has 4 heteroatoms. The molecule has 0 aliphatic carbocycles. The average Bonchev–Trinajstić information content (AvgIpc) is 2.45. The number of anilines is 1. The number of halogens is 1. The van der Waals surface area contributed by atoms with E-state index < -0.39 is 0 Å². The van der Waals surface area contributed by atoms with Crippen LogP contribution in [0.15, 0.2) is 18.2 Å². The molecule has 1 saturated heterocycles. The maximum Gasteiger partial charge on any atom is 0.142 e. The molecule has 1 aliphatic rings. The zero-order valence-corrected chi connectivity index (χ0v) is 12.5. The van der Waals surface area contributed by atoms with Gasteiger partial charge in [-0.05, 0) is 44.0 Å². The van der Waals surface area contributed by atoms with Crippen LogP contribution in [0.25, 0.3) is 0 Å². The average molecular weight is 283 g/mol. The number of benzene rings is 1. The Hall–Kier alpha value is -0.930. The van der Waals surface area contributed by atoms with Gasteiger partial charge in [0.25, 0.3) is 0 Å². The lowest BCUT2D eigenvalue weighted by Gasteiger charge is -2.34. The fourth-order valence-corrected chi connectivity index (χ4v) is 2.75. The van der Waals surface area contributed by atoms with Crippen LogP contribution in [0.3, 0.4) is 0 Å². The number of hydrogen-bond donors (Lipinski definition) is 1. The van der Waals surface area contributed by atoms with Crippen LogP contribution >= 0.6 is 11.6 Å². The third-order valence-electron chi connectivity index (χ3n) is 3.66. The van der Waals surface area contributed by atoms with Crippen LogP contribution in [0.4, 0.5) is 5.69 Å². The monoisotopic (exact) mass is 282 g/mol. The van der Waals surface area contributed by atoms with Crippen LogP contribution in [0, 0.1) is 0 Å². The standard InChI is InChI=1S/C15H23ClN2O/c1-3-8-17-13-6-9-18(10-7-13)14-11-12(16)4-5-15(14)19-2/h4-5,11,13,17H,3,6-10H2,1-2H3. The van der Waals surface area contributed by atoms with E-state index in [4.69, 9.17) is 16.3 Å². The van der Waals surface area contributed by atoms with Crippen molar-refractivity contribution in [3.63, 3.8) is 0 Å². The van der Waals surface area contributed by atoms with Crippen molar-refractivity contribution < 1.29 is 4.74 Å². The van der Waals surface area contributed by atoms with Crippen LogP contribution in [0.1, 0.15) is 26.2 Å². The largest absolute Gasteiger partial charge is 0.495 e. The second kappa shape index (κ2) is 7.01. The zero-order chi connectivity index (χ0) is 13.7. The SMILES string of the molecule is CCCNC1CCN(c2cc(Cl)ccc2OC)CC1. The molecular formula is C15H23ClN2O. The van der Waals surface area contributed by atoms with Gasteiger partial charge in [0.1, 0.15) is 5.75 Å². The predicted molar refractivity (Wildman–Crippen MR) is 81.5 cm³/mol. The van der Waals surface area contributed by atoms with Gasteiger partial charge in [-0.1, -0.05) is 18.5 Å². The van der Waals surface area contributed by atoms with E-state index in [-0.39, 0.29) is 0 Å². The number of nitrogens with zero attached hydrogens (tertiary/aromatic N) is 1. The smallest absolute Gasteiger partial charge is 0.142 e. The fourth-order valence-electron chi connectivity index (χ4n) is 2.58. The van der Waals surface area contributed by atoms with Gasteiger partial charge in [-0.3, -0.25) is 0 Å². The Labute approximate surface area is 120 Å². The number of ether oxygens (including phenoxy) is 1. The Morgan fingerprint density at radius 3 is 2.74 bits per heavy atom. The molecule has 0 radical (unpaired) electrons. The molecule has 0 atom stereocenters. The maximum absolute atomic E-state index is 6.10. The minimum absolute atomic E-state index is 0.654. The van der Waals surface area contributed by atoms with Crippen molar-refractivity contribution in [3.8, 4) is 5.75 Å². The van der Waals surface area contributed by atoms with E-state index in [0.717, 1.165) is 36.1 Å². The molecule has 1 aromatic rings. The third-order valence-corrected chi connectivity index (χ3v) is 3.89. The van der Waals surface area contributed by atoms with Crippen molar-refractivity contribution in [1.29, 1.82) is 0 Å². The van der Waals surface area contributed by atoms with Gasteiger partial charge in [0.15, 0.2) is 0 Å². The summed E-state index contributed by atoms with van der Waals surface area (Å²) in [5, 5.41) is 4.37. The molecular weight excluding hydrogens is 260 g/mol. The van der Waals surface area contributed by atoms with Gasteiger partial charge in [-0.2, -0.15) is 0 Å². The summed E-state index contributed by atoms with van der Waals surface area (Å²) in [7, 11) is 1.71. The van der Waals surface area contributed by atoms with Crippen LogP contribution in [0.2, 0.25) is 5.02 Å². The minimum atomic E-state index is 0.654. The highest BCUT2D eigenvalue weighted by atomic mass is 35.5. The summed E-state index contributed by atoms with van der Waals surface area (Å²) in [6.45, 7) is 5.43. The summed E-state index contributed by atoms with van der Waals surface area (Å²) < 4.78 is 5.43. The van der Waals surface area contributed by atoms with Gasteiger partial charge < -0.3 is 15.0 Å². The lowest BCUT2D eigenvalue weighted by Crippen LogP contribution is -2.42. The zero-order valence-electron chi connectivity index (χ0n) is 11.8. The lowest BCUT2D eigenvalue weighted by atomic mass is 10.0. The van der Waals surface area contributed by atoms with Gasteiger partial charge >= 0.3 is 0 Å². The van der Waals surface area contributed by atoms with E-state index in [9.17, 15) is 0 Å². The van der Waals surface area contributed by atoms with E-state index in [0.29, 0.717) is 6.04 Å². The third kappa shape index (κ3) is 3.77. The molecule has 0 spiro atoms. The number of piperidine rings is 1. The highest BCUT2D eigenvalue weighted by molar-refractivity contribution is 6.30. The Morgan fingerprint density at radius 1 is 1.37 bits per heavy atom. The second-order valence-corrected chi connectivity index (χ2v) is 5.47. The minimum Gasteiger partial charge on any atom is -0.495 e. The Balaban J connectivity index is 1.99. The number of hydrogen-bond acceptors (Lipinski definition) is 3. The fraction of sp³-hybridized carbons (Fsp3) is 0.600. The maximum atomic E-state index is 6.10. The summed E-state index contributed by atoms with van der Waals surface area (Å²) in [5.74, 6) is 0.907. The van der Waals surface area contributed by atoms with E-state index >= 15 is 0 Å². The molecule has 1 aliphatic heterocycles. The lowest BCUT2D eigenvalue weighted by molar-refractivity contribution is 0.398. The van der Waals surface area contributed by atoms with Gasteiger partial charge in [0.05, 0.1) is 12.8 Å². The molecule has 0 aromatic heterocycles. The normalized spacial score (nSPS) is 16.7. The van der Waals surface area contributed by atoms with Crippen LogP contribution in [-0.4, -0.2) is 32.8 Å². The summed E-state index contributed by atoms with van der Waals surface area (Å²) in [6, 6.07) is 6.47. The first-order valence-electron chi connectivity index (χ1n) is 7.06. The molecule has 19 heavy (non-hydrogen) atoms. The van der Waals surface area contributed by atoms with Gasteiger partial charge in [-0.25, -0.2) is 0 Å². The van der Waals surface area contributed by atoms with Gasteiger partial charge in [0, 0.05) is 24.2 Å². The molecule has 2 rings (SSSR count). The first kappa shape index (κ1) is 14.5. The molecule has 1 N–H and O–H groups in total. The van der Waals surface area contributed by atoms with E-state index in [1.54, 1.807) is 7.11 Å². The van der Waals surface area contributed by atoms with Crippen molar-refractivity contribution in [2.45, 2.75) is 32.2 Å². The van der Waals surface area contributed by atoms with Crippen LogP contribution in [-0.2, 0) is 0 Å². The molecule has 0 saturated carbocycles. The van der Waals surface area contributed by atoms with Crippen molar-refractivity contribution >= 4 is 17.3 Å². The molecule has 0 bridgehead atoms. The molecule has 1 heterocycles. The summed E-state index contributed by atoms with van der Waals surface area (Å²) >= 11 is 6.10. The van der Waals surface area contributed by atoms with Crippen molar-refractivity contribution in [3.05, 3.63) is 23.2 Å². The molecule has 0 unspecified atom stereocenters.